The van der Waals surface area contributed by atoms with E-state index in [4.69, 9.17) is 13.9 Å². The molecule has 4 heteroatoms. The van der Waals surface area contributed by atoms with Crippen LogP contribution in [0.4, 0.5) is 0 Å². The fraction of sp³-hybridized carbons (Fsp3) is 0.619. The summed E-state index contributed by atoms with van der Waals surface area (Å²) in [4.78, 5) is 0. The van der Waals surface area contributed by atoms with Crippen molar-refractivity contribution in [2.75, 3.05) is 7.11 Å². The summed E-state index contributed by atoms with van der Waals surface area (Å²) in [6.45, 7) is 16.2. The molecule has 142 valence electrons. The number of allylic oxidation sites excluding steroid dienone is 1. The Kier molecular flexibility index (Phi) is 8.22. The predicted octanol–water partition coefficient (Wildman–Crippen LogP) is 6.31. The van der Waals surface area contributed by atoms with Gasteiger partial charge in [0.05, 0.1) is 13.7 Å². The van der Waals surface area contributed by atoms with E-state index in [1.165, 1.54) is 0 Å². The number of methoxy groups -OCH3 is 1. The van der Waals surface area contributed by atoms with E-state index < -0.39 is 8.32 Å². The lowest BCUT2D eigenvalue weighted by molar-refractivity contribution is 0.0367. The van der Waals surface area contributed by atoms with Crippen molar-refractivity contribution in [2.45, 2.75) is 78.3 Å². The number of hydrogen-bond acceptors (Lipinski definition) is 3. The summed E-state index contributed by atoms with van der Waals surface area (Å²) >= 11 is 0. The van der Waals surface area contributed by atoms with Gasteiger partial charge in [-0.25, -0.2) is 0 Å². The SMILES string of the molecule is CC/C=C(\O[Si](C)(C)C(C)(C)C)[C@H](CC)OCc1ccc(OC)cc1. The molecule has 0 saturated carbocycles. The molecule has 0 bridgehead atoms. The third-order valence-electron chi connectivity index (χ3n) is 4.88. The molecule has 1 atom stereocenters. The molecule has 1 aromatic rings. The average Bonchev–Trinajstić information content (AvgIpc) is 2.54. The van der Waals surface area contributed by atoms with Gasteiger partial charge in [0.1, 0.15) is 17.6 Å². The van der Waals surface area contributed by atoms with E-state index in [-0.39, 0.29) is 11.1 Å². The van der Waals surface area contributed by atoms with E-state index in [1.807, 2.05) is 24.3 Å². The molecule has 0 aliphatic heterocycles. The molecule has 0 aliphatic rings. The Morgan fingerprint density at radius 2 is 1.72 bits per heavy atom. The Morgan fingerprint density at radius 3 is 2.16 bits per heavy atom. The maximum atomic E-state index is 6.58. The van der Waals surface area contributed by atoms with Crippen molar-refractivity contribution in [3.63, 3.8) is 0 Å². The topological polar surface area (TPSA) is 27.7 Å². The largest absolute Gasteiger partial charge is 0.545 e. The zero-order valence-corrected chi connectivity index (χ0v) is 18.3. The normalized spacial score (nSPS) is 14.3. The first-order valence-corrected chi connectivity index (χ1v) is 12.2. The molecule has 25 heavy (non-hydrogen) atoms. The lowest BCUT2D eigenvalue weighted by Crippen LogP contribution is -2.42. The lowest BCUT2D eigenvalue weighted by atomic mass is 10.2. The van der Waals surface area contributed by atoms with Gasteiger partial charge >= 0.3 is 0 Å². The highest BCUT2D eigenvalue weighted by Gasteiger charge is 2.40. The quantitative estimate of drug-likeness (QED) is 0.380. The third-order valence-corrected chi connectivity index (χ3v) is 9.24. The van der Waals surface area contributed by atoms with Gasteiger partial charge in [0.2, 0.25) is 8.32 Å². The van der Waals surface area contributed by atoms with Crippen molar-refractivity contribution in [3.05, 3.63) is 41.7 Å². The van der Waals surface area contributed by atoms with Crippen LogP contribution in [-0.4, -0.2) is 21.5 Å². The van der Waals surface area contributed by atoms with Gasteiger partial charge in [-0.3, -0.25) is 0 Å². The van der Waals surface area contributed by atoms with Crippen molar-refractivity contribution >= 4 is 8.32 Å². The van der Waals surface area contributed by atoms with Crippen LogP contribution in [0.15, 0.2) is 36.1 Å². The number of benzene rings is 1. The second kappa shape index (κ2) is 9.44. The second-order valence-corrected chi connectivity index (χ2v) is 12.7. The molecule has 3 nitrogen and oxygen atoms in total. The molecule has 0 aliphatic carbocycles. The molecule has 0 heterocycles. The van der Waals surface area contributed by atoms with Crippen LogP contribution >= 0.6 is 0 Å². The molecule has 0 fully saturated rings. The summed E-state index contributed by atoms with van der Waals surface area (Å²) in [5.74, 6) is 1.87. The highest BCUT2D eigenvalue weighted by Crippen LogP contribution is 2.38. The van der Waals surface area contributed by atoms with E-state index in [9.17, 15) is 0 Å². The first-order valence-electron chi connectivity index (χ1n) is 9.28. The van der Waals surface area contributed by atoms with Gasteiger partial charge in [-0.1, -0.05) is 46.8 Å². The molecule has 1 aromatic carbocycles. The molecule has 0 spiro atoms. The minimum Gasteiger partial charge on any atom is -0.545 e. The Bertz CT molecular complexity index is 541. The Morgan fingerprint density at radius 1 is 1.12 bits per heavy atom. The van der Waals surface area contributed by atoms with Gasteiger partial charge in [0.15, 0.2) is 0 Å². The predicted molar refractivity (Wildman–Crippen MR) is 109 cm³/mol. The van der Waals surface area contributed by atoms with Crippen molar-refractivity contribution < 1.29 is 13.9 Å². The summed E-state index contributed by atoms with van der Waals surface area (Å²) in [6, 6.07) is 8.02. The minimum absolute atomic E-state index is 0.00354. The van der Waals surface area contributed by atoms with Gasteiger partial charge in [0.25, 0.3) is 0 Å². The van der Waals surface area contributed by atoms with Gasteiger partial charge in [-0.05, 0) is 54.7 Å². The van der Waals surface area contributed by atoms with Crippen molar-refractivity contribution in [2.24, 2.45) is 0 Å². The number of hydrogen-bond donors (Lipinski definition) is 0. The summed E-state index contributed by atoms with van der Waals surface area (Å²) in [5.41, 5.74) is 1.14. The fourth-order valence-electron chi connectivity index (χ4n) is 2.21. The van der Waals surface area contributed by atoms with E-state index in [0.29, 0.717) is 6.61 Å². The zero-order valence-electron chi connectivity index (χ0n) is 17.3. The van der Waals surface area contributed by atoms with E-state index in [0.717, 1.165) is 29.9 Å². The van der Waals surface area contributed by atoms with Gasteiger partial charge < -0.3 is 13.9 Å². The van der Waals surface area contributed by atoms with Gasteiger partial charge in [-0.15, -0.1) is 0 Å². The number of ether oxygens (including phenoxy) is 2. The maximum absolute atomic E-state index is 6.58. The average molecular weight is 365 g/mol. The summed E-state index contributed by atoms with van der Waals surface area (Å²) in [7, 11) is -0.191. The molecule has 0 amide bonds. The molecule has 1 rings (SSSR count). The Balaban J connectivity index is 2.83. The van der Waals surface area contributed by atoms with Gasteiger partial charge in [-0.2, -0.15) is 0 Å². The second-order valence-electron chi connectivity index (χ2n) is 7.93. The monoisotopic (exact) mass is 364 g/mol. The molecule has 0 saturated heterocycles. The van der Waals surface area contributed by atoms with E-state index in [1.54, 1.807) is 7.11 Å². The van der Waals surface area contributed by atoms with Crippen LogP contribution in [0.5, 0.6) is 5.75 Å². The molecular weight excluding hydrogens is 328 g/mol. The van der Waals surface area contributed by atoms with E-state index >= 15 is 0 Å². The van der Waals surface area contributed by atoms with Crippen LogP contribution in [-0.2, 0) is 15.8 Å². The van der Waals surface area contributed by atoms with Crippen LogP contribution in [0.25, 0.3) is 0 Å². The Hall–Kier alpha value is -1.26. The van der Waals surface area contributed by atoms with Crippen LogP contribution in [0.1, 0.15) is 53.0 Å². The fourth-order valence-corrected chi connectivity index (χ4v) is 3.32. The Labute approximate surface area is 155 Å². The lowest BCUT2D eigenvalue weighted by Gasteiger charge is -2.39. The van der Waals surface area contributed by atoms with Crippen molar-refractivity contribution in [1.29, 1.82) is 0 Å². The van der Waals surface area contributed by atoms with Crippen LogP contribution in [0, 0.1) is 0 Å². The molecule has 0 aromatic heterocycles. The molecular formula is C21H36O3Si. The highest BCUT2D eigenvalue weighted by atomic mass is 28.4. The summed E-state index contributed by atoms with van der Waals surface area (Å²) in [5, 5.41) is 0.175. The molecule has 0 N–H and O–H groups in total. The summed E-state index contributed by atoms with van der Waals surface area (Å²) < 4.78 is 18.0. The van der Waals surface area contributed by atoms with Crippen LogP contribution in [0.3, 0.4) is 0 Å². The zero-order chi connectivity index (χ0) is 19.1. The molecule has 0 radical (unpaired) electrons. The third kappa shape index (κ3) is 6.52. The molecule has 0 unspecified atom stereocenters. The number of rotatable bonds is 9. The minimum atomic E-state index is -1.87. The van der Waals surface area contributed by atoms with Crippen molar-refractivity contribution in [1.82, 2.24) is 0 Å². The smallest absolute Gasteiger partial charge is 0.250 e. The van der Waals surface area contributed by atoms with Crippen molar-refractivity contribution in [3.8, 4) is 5.75 Å². The van der Waals surface area contributed by atoms with Crippen LogP contribution in [0.2, 0.25) is 18.1 Å². The first-order chi connectivity index (χ1) is 11.6. The standard InChI is InChI=1S/C21H36O3Si/c1-9-11-20(24-25(7,8)21(3,4)5)19(10-2)23-16-17-12-14-18(22-6)15-13-17/h11-15,19H,9-10,16H2,1-8H3/b20-11-/t19-/m0/s1. The maximum Gasteiger partial charge on any atom is 0.250 e. The first kappa shape index (κ1) is 21.8. The van der Waals surface area contributed by atoms with Gasteiger partial charge in [0, 0.05) is 0 Å². The highest BCUT2D eigenvalue weighted by molar-refractivity contribution is 6.74. The van der Waals surface area contributed by atoms with E-state index in [2.05, 4.69) is 53.8 Å². The summed E-state index contributed by atoms with van der Waals surface area (Å²) in [6.07, 6.45) is 4.03. The van der Waals surface area contributed by atoms with Crippen LogP contribution < -0.4 is 4.74 Å².